The lowest BCUT2D eigenvalue weighted by Gasteiger charge is -2.24. The number of nitrogens with one attached hydrogen (secondary N) is 1. The van der Waals surface area contributed by atoms with Crippen molar-refractivity contribution in [3.63, 3.8) is 0 Å². The van der Waals surface area contributed by atoms with E-state index in [2.05, 4.69) is 19.2 Å². The van der Waals surface area contributed by atoms with Crippen LogP contribution in [0.5, 0.6) is 11.5 Å². The molecule has 1 heterocycles. The molecule has 106 valence electrons. The summed E-state index contributed by atoms with van der Waals surface area (Å²) >= 11 is 6.49. The Labute approximate surface area is 120 Å². The molecule has 1 unspecified atom stereocenters. The van der Waals surface area contributed by atoms with Crippen LogP contribution in [-0.4, -0.2) is 20.8 Å². The summed E-state index contributed by atoms with van der Waals surface area (Å²) in [5.74, 6) is 1.85. The molecule has 0 aromatic heterocycles. The molecule has 0 amide bonds. The zero-order valence-corrected chi connectivity index (χ0v) is 12.8. The van der Waals surface area contributed by atoms with E-state index in [9.17, 15) is 0 Å². The minimum atomic E-state index is 0.324. The molecule has 0 bridgehead atoms. The van der Waals surface area contributed by atoms with Gasteiger partial charge in [-0.05, 0) is 30.9 Å². The van der Waals surface area contributed by atoms with E-state index in [4.69, 9.17) is 21.1 Å². The Morgan fingerprint density at radius 1 is 1.32 bits per heavy atom. The minimum Gasteiger partial charge on any atom is -0.493 e. The first kappa shape index (κ1) is 14.5. The fourth-order valence-corrected chi connectivity index (χ4v) is 3.20. The number of benzene rings is 1. The van der Waals surface area contributed by atoms with Crippen molar-refractivity contribution in [3.05, 3.63) is 22.2 Å². The SMILES string of the molecule is COc1cc(Cl)c(C2CCCN2)c(C(C)C)c1OC. The summed E-state index contributed by atoms with van der Waals surface area (Å²) < 4.78 is 11.0. The van der Waals surface area contributed by atoms with E-state index < -0.39 is 0 Å². The highest BCUT2D eigenvalue weighted by Gasteiger charge is 2.27. The number of ether oxygens (including phenoxy) is 2. The van der Waals surface area contributed by atoms with Gasteiger partial charge in [0.25, 0.3) is 0 Å². The Bertz CT molecular complexity index is 454. The minimum absolute atomic E-state index is 0.324. The van der Waals surface area contributed by atoms with E-state index in [1.807, 2.05) is 6.07 Å². The molecule has 1 aliphatic heterocycles. The molecule has 0 aliphatic carbocycles. The molecule has 0 saturated carbocycles. The lowest BCUT2D eigenvalue weighted by molar-refractivity contribution is 0.349. The summed E-state index contributed by atoms with van der Waals surface area (Å²) in [5, 5.41) is 4.28. The topological polar surface area (TPSA) is 30.5 Å². The first-order valence-electron chi connectivity index (χ1n) is 6.77. The van der Waals surface area contributed by atoms with Crippen LogP contribution in [0, 0.1) is 0 Å². The van der Waals surface area contributed by atoms with Crippen LogP contribution in [0.1, 0.15) is 49.8 Å². The Morgan fingerprint density at radius 3 is 2.53 bits per heavy atom. The first-order valence-corrected chi connectivity index (χ1v) is 7.15. The normalized spacial score (nSPS) is 18.9. The fourth-order valence-electron chi connectivity index (χ4n) is 2.86. The van der Waals surface area contributed by atoms with Gasteiger partial charge in [0, 0.05) is 22.7 Å². The van der Waals surface area contributed by atoms with Gasteiger partial charge < -0.3 is 14.8 Å². The van der Waals surface area contributed by atoms with Gasteiger partial charge in [0.2, 0.25) is 0 Å². The third kappa shape index (κ3) is 2.67. The van der Waals surface area contributed by atoms with Gasteiger partial charge >= 0.3 is 0 Å². The second kappa shape index (κ2) is 6.02. The molecule has 1 N–H and O–H groups in total. The maximum Gasteiger partial charge on any atom is 0.164 e. The summed E-state index contributed by atoms with van der Waals surface area (Å²) in [6.45, 7) is 5.37. The number of halogens is 1. The predicted molar refractivity (Wildman–Crippen MR) is 78.6 cm³/mol. The van der Waals surface area contributed by atoms with E-state index in [1.165, 1.54) is 12.0 Å². The average molecular weight is 284 g/mol. The maximum absolute atomic E-state index is 6.49. The Morgan fingerprint density at radius 2 is 2.05 bits per heavy atom. The van der Waals surface area contributed by atoms with Crippen LogP contribution in [0.25, 0.3) is 0 Å². The van der Waals surface area contributed by atoms with Gasteiger partial charge in [-0.15, -0.1) is 0 Å². The highest BCUT2D eigenvalue weighted by atomic mass is 35.5. The average Bonchev–Trinajstić information content (AvgIpc) is 2.90. The van der Waals surface area contributed by atoms with Crippen LogP contribution in [-0.2, 0) is 0 Å². The van der Waals surface area contributed by atoms with E-state index in [0.29, 0.717) is 17.7 Å². The van der Waals surface area contributed by atoms with Gasteiger partial charge in [0.1, 0.15) is 0 Å². The summed E-state index contributed by atoms with van der Waals surface area (Å²) in [6.07, 6.45) is 2.31. The van der Waals surface area contributed by atoms with Gasteiger partial charge in [0.05, 0.1) is 14.2 Å². The van der Waals surface area contributed by atoms with Crippen LogP contribution in [0.4, 0.5) is 0 Å². The molecule has 0 radical (unpaired) electrons. The second-order valence-electron chi connectivity index (χ2n) is 5.22. The summed E-state index contributed by atoms with van der Waals surface area (Å²) in [6, 6.07) is 2.19. The molecule has 4 heteroatoms. The molecule has 1 atom stereocenters. The fraction of sp³-hybridized carbons (Fsp3) is 0.600. The quantitative estimate of drug-likeness (QED) is 0.909. The van der Waals surface area contributed by atoms with Gasteiger partial charge in [-0.3, -0.25) is 0 Å². The van der Waals surface area contributed by atoms with Gasteiger partial charge in [-0.2, -0.15) is 0 Å². The van der Waals surface area contributed by atoms with Crippen LogP contribution in [0.3, 0.4) is 0 Å². The van der Waals surface area contributed by atoms with Crippen molar-refractivity contribution >= 4 is 11.6 Å². The van der Waals surface area contributed by atoms with Crippen molar-refractivity contribution in [1.29, 1.82) is 0 Å². The van der Waals surface area contributed by atoms with Crippen molar-refractivity contribution in [2.45, 2.75) is 38.6 Å². The number of hydrogen-bond acceptors (Lipinski definition) is 3. The van der Waals surface area contributed by atoms with Crippen LogP contribution in [0.15, 0.2) is 6.07 Å². The van der Waals surface area contributed by atoms with E-state index >= 15 is 0 Å². The molecule has 1 aromatic carbocycles. The van der Waals surface area contributed by atoms with Gasteiger partial charge in [-0.25, -0.2) is 0 Å². The summed E-state index contributed by atoms with van der Waals surface area (Å²) in [7, 11) is 3.33. The van der Waals surface area contributed by atoms with Crippen molar-refractivity contribution < 1.29 is 9.47 Å². The molecular weight excluding hydrogens is 262 g/mol. The second-order valence-corrected chi connectivity index (χ2v) is 5.63. The highest BCUT2D eigenvalue weighted by Crippen LogP contribution is 2.45. The van der Waals surface area contributed by atoms with Crippen molar-refractivity contribution in [2.24, 2.45) is 0 Å². The molecule has 1 aliphatic rings. The van der Waals surface area contributed by atoms with Crippen molar-refractivity contribution in [3.8, 4) is 11.5 Å². The van der Waals surface area contributed by atoms with Gasteiger partial charge in [-0.1, -0.05) is 25.4 Å². The number of methoxy groups -OCH3 is 2. The Kier molecular flexibility index (Phi) is 4.58. The molecule has 2 rings (SSSR count). The lowest BCUT2D eigenvalue weighted by atomic mass is 9.90. The number of hydrogen-bond donors (Lipinski definition) is 1. The third-order valence-corrected chi connectivity index (χ3v) is 4.00. The molecule has 19 heavy (non-hydrogen) atoms. The van der Waals surface area contributed by atoms with Crippen molar-refractivity contribution in [2.75, 3.05) is 20.8 Å². The summed E-state index contributed by atoms with van der Waals surface area (Å²) in [4.78, 5) is 0. The molecule has 1 fully saturated rings. The predicted octanol–water partition coefficient (Wildman–Crippen LogP) is 3.91. The monoisotopic (exact) mass is 283 g/mol. The van der Waals surface area contributed by atoms with Crippen molar-refractivity contribution in [1.82, 2.24) is 5.32 Å². The van der Waals surface area contributed by atoms with Gasteiger partial charge in [0.15, 0.2) is 11.5 Å². The Hall–Kier alpha value is -0.930. The maximum atomic E-state index is 6.49. The molecule has 3 nitrogen and oxygen atoms in total. The number of rotatable bonds is 4. The van der Waals surface area contributed by atoms with E-state index in [1.54, 1.807) is 14.2 Å². The third-order valence-electron chi connectivity index (χ3n) is 3.68. The van der Waals surface area contributed by atoms with E-state index in [-0.39, 0.29) is 0 Å². The largest absolute Gasteiger partial charge is 0.493 e. The molecule has 1 saturated heterocycles. The standard InChI is InChI=1S/C15H22ClNO2/c1-9(2)13-14(11-6-5-7-17-11)10(16)8-12(18-3)15(13)19-4/h8-9,11,17H,5-7H2,1-4H3. The lowest BCUT2D eigenvalue weighted by Crippen LogP contribution is -2.16. The molecule has 0 spiro atoms. The molecular formula is C15H22ClNO2. The van der Waals surface area contributed by atoms with Crippen LogP contribution >= 0.6 is 11.6 Å². The van der Waals surface area contributed by atoms with Crippen LogP contribution < -0.4 is 14.8 Å². The Balaban J connectivity index is 2.63. The first-order chi connectivity index (χ1) is 9.10. The summed E-state index contributed by atoms with van der Waals surface area (Å²) in [5.41, 5.74) is 2.33. The molecule has 1 aromatic rings. The van der Waals surface area contributed by atoms with E-state index in [0.717, 1.165) is 29.3 Å². The highest BCUT2D eigenvalue weighted by molar-refractivity contribution is 6.31. The zero-order valence-electron chi connectivity index (χ0n) is 12.0. The van der Waals surface area contributed by atoms with Crippen LogP contribution in [0.2, 0.25) is 5.02 Å². The smallest absolute Gasteiger partial charge is 0.164 e. The zero-order chi connectivity index (χ0) is 14.0.